The van der Waals surface area contributed by atoms with Gasteiger partial charge in [-0.25, -0.2) is 14.2 Å². The molecule has 0 spiro atoms. The fourth-order valence-corrected chi connectivity index (χ4v) is 5.12. The summed E-state index contributed by atoms with van der Waals surface area (Å²) in [6.45, 7) is 1.97. The first-order valence-corrected chi connectivity index (χ1v) is 13.9. The van der Waals surface area contributed by atoms with Gasteiger partial charge in [-0.1, -0.05) is 6.07 Å². The van der Waals surface area contributed by atoms with Crippen LogP contribution < -0.4 is 10.6 Å². The number of anilines is 4. The monoisotopic (exact) mass is 488 g/mol. The van der Waals surface area contributed by atoms with Gasteiger partial charge in [-0.2, -0.15) is 14.6 Å². The second-order valence-corrected chi connectivity index (χ2v) is 11.9. The molecule has 0 radical (unpaired) electrons. The van der Waals surface area contributed by atoms with Gasteiger partial charge in [-0.05, 0) is 67.6 Å². The lowest BCUT2D eigenvalue weighted by atomic mass is 9.99. The predicted molar refractivity (Wildman–Crippen MR) is 138 cm³/mol. The molecular formula is C25H28N8OS. The Kier molecular flexibility index (Phi) is 6.13. The Labute approximate surface area is 205 Å². The highest BCUT2D eigenvalue weighted by Gasteiger charge is 2.19. The van der Waals surface area contributed by atoms with Crippen LogP contribution in [0.3, 0.4) is 0 Å². The number of nitrogens with one attached hydrogen (secondary N) is 2. The highest BCUT2D eigenvalue weighted by atomic mass is 32.2. The first kappa shape index (κ1) is 23.2. The molecule has 0 atom stereocenters. The van der Waals surface area contributed by atoms with Crippen molar-refractivity contribution in [3.05, 3.63) is 58.3 Å². The molecule has 0 saturated heterocycles. The third kappa shape index (κ3) is 5.26. The summed E-state index contributed by atoms with van der Waals surface area (Å²) in [6, 6.07) is 10.4. The van der Waals surface area contributed by atoms with E-state index in [-0.39, 0.29) is 0 Å². The molecule has 9 nitrogen and oxygen atoms in total. The van der Waals surface area contributed by atoms with E-state index in [1.165, 1.54) is 17.3 Å². The second kappa shape index (κ2) is 9.24. The summed E-state index contributed by atoms with van der Waals surface area (Å²) in [6.07, 6.45) is 8.54. The number of aromatic nitrogens is 3. The average molecular weight is 489 g/mol. The Morgan fingerprint density at radius 2 is 1.94 bits per heavy atom. The Bertz CT molecular complexity index is 1460. The maximum Gasteiger partial charge on any atom is 0.229 e. The summed E-state index contributed by atoms with van der Waals surface area (Å²) in [5, 5.41) is 16.1. The Morgan fingerprint density at radius 1 is 1.09 bits per heavy atom. The Morgan fingerprint density at radius 3 is 2.74 bits per heavy atom. The van der Waals surface area contributed by atoms with Crippen molar-refractivity contribution in [1.82, 2.24) is 19.9 Å². The zero-order chi connectivity index (χ0) is 24.6. The standard InChI is InChI=1S/C25H28N8OS/c1-33-10-9-16-7-8-20(11-18(16)15-33)28-25-27-14-19(13-26)23(31-25)29-22-12-17-5-4-6-21(17)24(30-22)32-35(2,3)34/h7-8,11-12,14H,4-6,9-10,15H2,1-3H3,(H2,27,28,29,30,31). The van der Waals surface area contributed by atoms with Crippen molar-refractivity contribution in [2.75, 3.05) is 36.7 Å². The number of likely N-dealkylation sites (N-methyl/N-ethyl adjacent to an activating group) is 1. The van der Waals surface area contributed by atoms with E-state index < -0.39 is 9.73 Å². The van der Waals surface area contributed by atoms with Gasteiger partial charge in [-0.3, -0.25) is 0 Å². The zero-order valence-electron chi connectivity index (χ0n) is 20.1. The molecule has 2 aromatic heterocycles. The minimum absolute atomic E-state index is 0.304. The maximum atomic E-state index is 12.4. The molecule has 0 saturated carbocycles. The number of benzene rings is 1. The Balaban J connectivity index is 1.45. The molecule has 1 aromatic carbocycles. The molecular weight excluding hydrogens is 460 g/mol. The van der Waals surface area contributed by atoms with Gasteiger partial charge in [-0.15, -0.1) is 0 Å². The minimum atomic E-state index is -2.36. The van der Waals surface area contributed by atoms with Crippen molar-refractivity contribution in [3.8, 4) is 6.07 Å². The van der Waals surface area contributed by atoms with E-state index in [0.29, 0.717) is 29.0 Å². The molecule has 0 amide bonds. The smallest absolute Gasteiger partial charge is 0.229 e. The third-order valence-electron chi connectivity index (χ3n) is 6.20. The highest BCUT2D eigenvalue weighted by Crippen LogP contribution is 2.33. The normalized spacial score (nSPS) is 15.1. The molecule has 0 unspecified atom stereocenters. The molecule has 3 heterocycles. The maximum absolute atomic E-state index is 12.4. The molecule has 3 aromatic rings. The largest absolute Gasteiger partial charge is 0.324 e. The van der Waals surface area contributed by atoms with Crippen LogP contribution in [0.25, 0.3) is 0 Å². The lowest BCUT2D eigenvalue weighted by Crippen LogP contribution is -2.26. The lowest BCUT2D eigenvalue weighted by molar-refractivity contribution is 0.313. The van der Waals surface area contributed by atoms with E-state index in [0.717, 1.165) is 55.6 Å². The number of aryl methyl sites for hydroxylation is 1. The first-order valence-electron chi connectivity index (χ1n) is 11.6. The summed E-state index contributed by atoms with van der Waals surface area (Å²) in [5.74, 6) is 1.76. The number of pyridine rings is 1. The molecule has 0 fully saturated rings. The van der Waals surface area contributed by atoms with Crippen molar-refractivity contribution >= 4 is 38.8 Å². The SMILES string of the molecule is CN1CCc2ccc(Nc3ncc(C#N)c(Nc4cc5c(c(N=S(C)(C)=O)n4)CCC5)n3)cc2C1. The number of nitrogens with zero attached hydrogens (tertiary/aromatic N) is 6. The van der Waals surface area contributed by atoms with Crippen LogP contribution in [-0.2, 0) is 35.5 Å². The van der Waals surface area contributed by atoms with Crippen LogP contribution in [0.4, 0.5) is 29.1 Å². The number of rotatable bonds is 5. The summed E-state index contributed by atoms with van der Waals surface area (Å²) in [7, 11) is -0.238. The summed E-state index contributed by atoms with van der Waals surface area (Å²) in [5.41, 5.74) is 6.04. The van der Waals surface area contributed by atoms with E-state index in [2.05, 4.69) is 60.1 Å². The number of hydrogen-bond donors (Lipinski definition) is 2. The Hall–Kier alpha value is -3.55. The van der Waals surface area contributed by atoms with Gasteiger partial charge in [0.2, 0.25) is 5.95 Å². The van der Waals surface area contributed by atoms with Crippen LogP contribution in [0.15, 0.2) is 34.8 Å². The summed E-state index contributed by atoms with van der Waals surface area (Å²) < 4.78 is 16.7. The minimum Gasteiger partial charge on any atom is -0.324 e. The fourth-order valence-electron chi connectivity index (χ4n) is 4.55. The van der Waals surface area contributed by atoms with Crippen molar-refractivity contribution in [2.24, 2.45) is 4.36 Å². The predicted octanol–water partition coefficient (Wildman–Crippen LogP) is 4.07. The molecule has 10 heteroatoms. The molecule has 1 aliphatic heterocycles. The van der Waals surface area contributed by atoms with Crippen molar-refractivity contribution in [1.29, 1.82) is 5.26 Å². The molecule has 2 aliphatic rings. The molecule has 35 heavy (non-hydrogen) atoms. The topological polar surface area (TPSA) is 119 Å². The number of fused-ring (bicyclic) bond motifs is 2. The summed E-state index contributed by atoms with van der Waals surface area (Å²) in [4.78, 5) is 15.8. The van der Waals surface area contributed by atoms with E-state index in [1.54, 1.807) is 12.5 Å². The van der Waals surface area contributed by atoms with Crippen LogP contribution in [0.1, 0.15) is 34.2 Å². The van der Waals surface area contributed by atoms with Gasteiger partial charge in [0.05, 0.1) is 6.20 Å². The molecule has 0 bridgehead atoms. The first-order chi connectivity index (χ1) is 16.8. The van der Waals surface area contributed by atoms with Crippen molar-refractivity contribution in [3.63, 3.8) is 0 Å². The van der Waals surface area contributed by atoms with Gasteiger partial charge in [0, 0.05) is 46.6 Å². The lowest BCUT2D eigenvalue weighted by Gasteiger charge is -2.25. The van der Waals surface area contributed by atoms with E-state index in [1.807, 2.05) is 12.1 Å². The molecule has 5 rings (SSSR count). The van der Waals surface area contributed by atoms with Crippen molar-refractivity contribution < 1.29 is 4.21 Å². The quantitative estimate of drug-likeness (QED) is 0.552. The van der Waals surface area contributed by atoms with Crippen molar-refractivity contribution in [2.45, 2.75) is 32.2 Å². The van der Waals surface area contributed by atoms with Crippen LogP contribution in [-0.4, -0.2) is 50.2 Å². The van der Waals surface area contributed by atoms with Crippen LogP contribution in [0.5, 0.6) is 0 Å². The summed E-state index contributed by atoms with van der Waals surface area (Å²) >= 11 is 0. The number of hydrogen-bond acceptors (Lipinski definition) is 9. The molecule has 180 valence electrons. The number of nitriles is 1. The fraction of sp³-hybridized carbons (Fsp3) is 0.360. The van der Waals surface area contributed by atoms with Gasteiger partial charge in [0.25, 0.3) is 0 Å². The zero-order valence-corrected chi connectivity index (χ0v) is 20.9. The van der Waals surface area contributed by atoms with Gasteiger partial charge >= 0.3 is 0 Å². The van der Waals surface area contributed by atoms with Gasteiger partial charge in [0.15, 0.2) is 11.6 Å². The van der Waals surface area contributed by atoms with E-state index in [9.17, 15) is 9.47 Å². The molecule has 2 N–H and O–H groups in total. The van der Waals surface area contributed by atoms with Crippen LogP contribution in [0, 0.1) is 11.3 Å². The van der Waals surface area contributed by atoms with Crippen LogP contribution >= 0.6 is 0 Å². The molecule has 1 aliphatic carbocycles. The third-order valence-corrected chi connectivity index (χ3v) is 6.81. The van der Waals surface area contributed by atoms with E-state index >= 15 is 0 Å². The average Bonchev–Trinajstić information content (AvgIpc) is 3.27. The second-order valence-electron chi connectivity index (χ2n) is 9.38. The van der Waals surface area contributed by atoms with Gasteiger partial charge in [0.1, 0.15) is 17.5 Å². The highest BCUT2D eigenvalue weighted by molar-refractivity contribution is 7.92. The van der Waals surface area contributed by atoms with Crippen LogP contribution in [0.2, 0.25) is 0 Å². The van der Waals surface area contributed by atoms with Gasteiger partial charge < -0.3 is 15.5 Å². The van der Waals surface area contributed by atoms with E-state index in [4.69, 9.17) is 0 Å².